The first-order chi connectivity index (χ1) is 18.9. The van der Waals surface area contributed by atoms with Gasteiger partial charge in [0.15, 0.2) is 0 Å². The van der Waals surface area contributed by atoms with Crippen molar-refractivity contribution in [3.8, 4) is 0 Å². The van der Waals surface area contributed by atoms with E-state index in [4.69, 9.17) is 9.47 Å². The summed E-state index contributed by atoms with van der Waals surface area (Å²) < 4.78 is 12.9. The number of ether oxygens (including phenoxy) is 2. The summed E-state index contributed by atoms with van der Waals surface area (Å²) in [5.41, 5.74) is 0. The van der Waals surface area contributed by atoms with Crippen molar-refractivity contribution in [2.45, 2.75) is 135 Å². The van der Waals surface area contributed by atoms with Crippen molar-refractivity contribution in [3.05, 3.63) is 0 Å². The Morgan fingerprint density at radius 2 is 1.49 bits per heavy atom. The Kier molecular flexibility index (Phi) is 9.59. The van der Waals surface area contributed by atoms with Crippen molar-refractivity contribution < 1.29 is 9.47 Å². The summed E-state index contributed by atoms with van der Waals surface area (Å²) in [6, 6.07) is 0.666. The summed E-state index contributed by atoms with van der Waals surface area (Å²) in [6.07, 6.45) is 17.2. The predicted octanol–water partition coefficient (Wildman–Crippen LogP) is 5.08. The molecule has 6 heteroatoms. The number of nitrogens with zero attached hydrogens (tertiary/aromatic N) is 2. The van der Waals surface area contributed by atoms with Crippen molar-refractivity contribution in [1.29, 1.82) is 0 Å². The van der Waals surface area contributed by atoms with Crippen LogP contribution in [0.25, 0.3) is 0 Å². The molecule has 0 aromatic carbocycles. The van der Waals surface area contributed by atoms with Crippen LogP contribution < -0.4 is 10.6 Å². The van der Waals surface area contributed by atoms with Crippen LogP contribution in [0.15, 0.2) is 0 Å². The number of rotatable bonds is 8. The summed E-state index contributed by atoms with van der Waals surface area (Å²) in [4.78, 5) is 5.43. The molecule has 6 rings (SSSR count). The summed E-state index contributed by atoms with van der Waals surface area (Å²) in [5.74, 6) is 5.00. The van der Waals surface area contributed by atoms with E-state index in [9.17, 15) is 0 Å². The molecule has 0 bridgehead atoms. The Morgan fingerprint density at radius 3 is 2.23 bits per heavy atom. The van der Waals surface area contributed by atoms with Crippen molar-refractivity contribution in [2.75, 3.05) is 39.3 Å². The van der Waals surface area contributed by atoms with Crippen molar-refractivity contribution in [3.63, 3.8) is 0 Å². The van der Waals surface area contributed by atoms with Crippen LogP contribution in [-0.2, 0) is 9.47 Å². The lowest BCUT2D eigenvalue weighted by Crippen LogP contribution is -2.71. The largest absolute Gasteiger partial charge is 0.377 e. The van der Waals surface area contributed by atoms with Gasteiger partial charge in [0.05, 0.1) is 37.3 Å². The minimum absolute atomic E-state index is 0.397. The van der Waals surface area contributed by atoms with Crippen LogP contribution in [0.4, 0.5) is 0 Å². The fraction of sp³-hybridized carbons (Fsp3) is 1.00. The van der Waals surface area contributed by atoms with E-state index in [1.165, 1.54) is 96.8 Å². The molecule has 6 aliphatic rings. The van der Waals surface area contributed by atoms with Crippen LogP contribution in [-0.4, -0.2) is 85.8 Å². The topological polar surface area (TPSA) is 49.0 Å². The van der Waals surface area contributed by atoms with E-state index in [2.05, 4.69) is 48.1 Å². The minimum Gasteiger partial charge on any atom is -0.377 e. The Morgan fingerprint density at radius 1 is 0.744 bits per heavy atom. The molecule has 2 aliphatic heterocycles. The lowest BCUT2D eigenvalue weighted by atomic mass is 9.62. The summed E-state index contributed by atoms with van der Waals surface area (Å²) in [7, 11) is 0. The lowest BCUT2D eigenvalue weighted by molar-refractivity contribution is -0.0984. The third-order valence-electron chi connectivity index (χ3n) is 12.1. The van der Waals surface area contributed by atoms with Crippen molar-refractivity contribution in [2.24, 2.45) is 35.5 Å². The van der Waals surface area contributed by atoms with E-state index < -0.39 is 0 Å². The molecule has 4 aliphatic carbocycles. The van der Waals surface area contributed by atoms with Gasteiger partial charge < -0.3 is 9.47 Å². The fourth-order valence-electron chi connectivity index (χ4n) is 9.52. The number of hydrogen-bond donors (Lipinski definition) is 2. The quantitative estimate of drug-likeness (QED) is 0.445. The van der Waals surface area contributed by atoms with Crippen LogP contribution >= 0.6 is 0 Å². The molecule has 0 spiro atoms. The summed E-state index contributed by atoms with van der Waals surface area (Å²) in [6.45, 7) is 16.3. The Bertz CT molecular complexity index is 761. The molecule has 8 unspecified atom stereocenters. The van der Waals surface area contributed by atoms with E-state index in [0.717, 1.165) is 48.7 Å². The second-order valence-corrected chi connectivity index (χ2v) is 14.9. The van der Waals surface area contributed by atoms with Gasteiger partial charge in [-0.3, -0.25) is 20.4 Å². The van der Waals surface area contributed by atoms with Gasteiger partial charge in [0.2, 0.25) is 0 Å². The highest BCUT2D eigenvalue weighted by Gasteiger charge is 2.49. The van der Waals surface area contributed by atoms with E-state index >= 15 is 0 Å². The van der Waals surface area contributed by atoms with Gasteiger partial charge >= 0.3 is 0 Å². The average Bonchev–Trinajstić information content (AvgIpc) is 2.92. The number of fused-ring (bicyclic) bond motifs is 3. The zero-order valence-corrected chi connectivity index (χ0v) is 25.7. The maximum Gasteiger partial charge on any atom is 0.0654 e. The highest BCUT2D eigenvalue weighted by Crippen LogP contribution is 2.46. The van der Waals surface area contributed by atoms with Gasteiger partial charge in [-0.15, -0.1) is 0 Å². The van der Waals surface area contributed by atoms with Gasteiger partial charge in [0, 0.05) is 44.7 Å². The maximum atomic E-state index is 6.80. The second kappa shape index (κ2) is 13.0. The molecular weight excluding hydrogens is 484 g/mol. The van der Waals surface area contributed by atoms with Gasteiger partial charge in [-0.1, -0.05) is 26.7 Å². The smallest absolute Gasteiger partial charge is 0.0654 e. The number of nitrogens with one attached hydrogen (secondary N) is 2. The van der Waals surface area contributed by atoms with E-state index in [0.29, 0.717) is 36.7 Å². The van der Waals surface area contributed by atoms with Crippen molar-refractivity contribution in [1.82, 2.24) is 20.4 Å². The molecule has 6 nitrogen and oxygen atoms in total. The lowest BCUT2D eigenvalue weighted by Gasteiger charge is -2.56. The molecule has 0 amide bonds. The monoisotopic (exact) mass is 544 g/mol. The highest BCUT2D eigenvalue weighted by molar-refractivity contribution is 5.03. The average molecular weight is 545 g/mol. The molecule has 0 radical (unpaired) electrons. The third kappa shape index (κ3) is 6.88. The molecule has 4 saturated carbocycles. The molecule has 0 aromatic heterocycles. The number of piperazine rings is 1. The van der Waals surface area contributed by atoms with Crippen molar-refractivity contribution >= 4 is 0 Å². The first kappa shape index (κ1) is 28.9. The molecule has 0 aromatic rings. The molecule has 6 fully saturated rings. The first-order valence-electron chi connectivity index (χ1n) is 17.2. The molecular formula is C33H60N4O2. The van der Waals surface area contributed by atoms with Crippen LogP contribution in [0.5, 0.6) is 0 Å². The van der Waals surface area contributed by atoms with Crippen LogP contribution in [0.3, 0.4) is 0 Å². The van der Waals surface area contributed by atoms with E-state index in [1.54, 1.807) is 0 Å². The molecule has 2 saturated heterocycles. The zero-order chi connectivity index (χ0) is 26.9. The number of hydrogen-bond acceptors (Lipinski definition) is 6. The first-order valence-corrected chi connectivity index (χ1v) is 17.2. The van der Waals surface area contributed by atoms with Gasteiger partial charge in [-0.2, -0.15) is 0 Å². The molecule has 8 atom stereocenters. The van der Waals surface area contributed by atoms with Crippen LogP contribution in [0.2, 0.25) is 0 Å². The Hall–Kier alpha value is -0.240. The molecule has 224 valence electrons. The van der Waals surface area contributed by atoms with Crippen LogP contribution in [0, 0.1) is 35.5 Å². The minimum atomic E-state index is 0.397. The Balaban J connectivity index is 0.971. The Labute approximate surface area is 239 Å². The fourth-order valence-corrected chi connectivity index (χ4v) is 9.52. The molecule has 2 heterocycles. The van der Waals surface area contributed by atoms with E-state index in [1.807, 2.05) is 0 Å². The standard InChI is InChI=1S/C33H60N4O2/c1-22-5-7-26(8-6-22)24(3)39-28-10-12-30-27(21-28)9-11-31-32(30)34-25(4)35-33(31)37-15-13-36(14-16-37)17-18-38-29-19-23(2)20-29/h22-35H,5-21H2,1-4H3. The zero-order valence-electron chi connectivity index (χ0n) is 25.7. The van der Waals surface area contributed by atoms with Gasteiger partial charge in [-0.25, -0.2) is 0 Å². The van der Waals surface area contributed by atoms with E-state index in [-0.39, 0.29) is 0 Å². The summed E-state index contributed by atoms with van der Waals surface area (Å²) >= 11 is 0. The maximum absolute atomic E-state index is 6.80. The molecule has 2 N–H and O–H groups in total. The van der Waals surface area contributed by atoms with Gasteiger partial charge in [0.1, 0.15) is 0 Å². The predicted molar refractivity (Wildman–Crippen MR) is 158 cm³/mol. The second-order valence-electron chi connectivity index (χ2n) is 14.9. The molecule has 39 heavy (non-hydrogen) atoms. The summed E-state index contributed by atoms with van der Waals surface area (Å²) in [5, 5.41) is 8.05. The third-order valence-corrected chi connectivity index (χ3v) is 12.1. The SMILES string of the molecule is CC1CCC(C(C)OC2CCC3C(CCC4C3NC(C)NC4N3CCN(CCOC4CC(C)C4)CC3)C2)CC1. The van der Waals surface area contributed by atoms with Gasteiger partial charge in [0.25, 0.3) is 0 Å². The highest BCUT2D eigenvalue weighted by atomic mass is 16.5. The normalized spacial score (nSPS) is 46.6. The van der Waals surface area contributed by atoms with Gasteiger partial charge in [-0.05, 0) is 101 Å². The van der Waals surface area contributed by atoms with Crippen LogP contribution in [0.1, 0.15) is 98.3 Å².